The van der Waals surface area contributed by atoms with Gasteiger partial charge in [0.1, 0.15) is 17.2 Å². The zero-order chi connectivity index (χ0) is 20.5. The maximum Gasteiger partial charge on any atom is 2.00 e. The molecule has 3 nitrogen and oxygen atoms in total. The Morgan fingerprint density at radius 3 is 1.90 bits per heavy atom. The van der Waals surface area contributed by atoms with Gasteiger partial charge in [-0.05, 0) is 24.3 Å². The fourth-order valence-corrected chi connectivity index (χ4v) is 2.93. The predicted octanol–water partition coefficient (Wildman–Crippen LogP) is 6.12. The Labute approximate surface area is 188 Å². The first-order chi connectivity index (χ1) is 14.2. The molecule has 0 heterocycles. The molecule has 1 N–H and O–H groups in total. The fraction of sp³-hybridized carbons (Fsp3) is 0.0769. The quantitative estimate of drug-likeness (QED) is 0.231. The molecule has 0 saturated carbocycles. The maximum atomic E-state index is 9.54. The molecule has 0 aliphatic heterocycles. The Morgan fingerprint density at radius 1 is 0.867 bits per heavy atom. The van der Waals surface area contributed by atoms with Crippen molar-refractivity contribution in [2.24, 2.45) is 0 Å². The number of methoxy groups -OCH3 is 2. The summed E-state index contributed by atoms with van der Waals surface area (Å²) in [6.45, 7) is 0. The summed E-state index contributed by atoms with van der Waals surface area (Å²) in [5.74, 6) is 1.74. The van der Waals surface area contributed by atoms with E-state index in [0.29, 0.717) is 0 Å². The summed E-state index contributed by atoms with van der Waals surface area (Å²) in [4.78, 5) is 0. The zero-order valence-corrected chi connectivity index (χ0v) is 18.0. The van der Waals surface area contributed by atoms with Crippen LogP contribution in [0.2, 0.25) is 0 Å². The normalized spacial score (nSPS) is 10.4. The third-order valence-corrected chi connectivity index (χ3v) is 4.39. The van der Waals surface area contributed by atoms with Crippen molar-refractivity contribution in [3.05, 3.63) is 114 Å². The van der Waals surface area contributed by atoms with Crippen LogP contribution in [0.15, 0.2) is 97.1 Å². The summed E-state index contributed by atoms with van der Waals surface area (Å²) in [5.41, 5.74) is 4.19. The fourth-order valence-electron chi connectivity index (χ4n) is 2.93. The molecular formula is C26H24FeO3. The minimum Gasteiger partial charge on any atom is -0.508 e. The van der Waals surface area contributed by atoms with Crippen LogP contribution >= 0.6 is 0 Å². The topological polar surface area (TPSA) is 38.7 Å². The minimum absolute atomic E-state index is 0. The van der Waals surface area contributed by atoms with Gasteiger partial charge in [0.2, 0.25) is 0 Å². The van der Waals surface area contributed by atoms with Crippen molar-refractivity contribution in [2.75, 3.05) is 14.2 Å². The van der Waals surface area contributed by atoms with Crippen molar-refractivity contribution >= 4 is 11.6 Å². The third kappa shape index (κ3) is 6.41. The summed E-state index contributed by atoms with van der Waals surface area (Å²) < 4.78 is 10.7. The number of hydrogen-bond acceptors (Lipinski definition) is 3. The van der Waals surface area contributed by atoms with E-state index >= 15 is 0 Å². The van der Waals surface area contributed by atoms with Crippen LogP contribution in [0.4, 0.5) is 0 Å². The van der Waals surface area contributed by atoms with Crippen LogP contribution in [0.1, 0.15) is 16.7 Å². The zero-order valence-electron chi connectivity index (χ0n) is 16.9. The van der Waals surface area contributed by atoms with Crippen molar-refractivity contribution in [1.82, 2.24) is 0 Å². The van der Waals surface area contributed by atoms with Crippen LogP contribution in [0.25, 0.3) is 11.6 Å². The number of ether oxygens (including phenoxy) is 2. The molecule has 0 amide bonds. The first-order valence-electron chi connectivity index (χ1n) is 9.32. The van der Waals surface area contributed by atoms with Crippen LogP contribution in [0.3, 0.4) is 0 Å². The van der Waals surface area contributed by atoms with E-state index < -0.39 is 0 Å². The van der Waals surface area contributed by atoms with Gasteiger partial charge < -0.3 is 14.6 Å². The second-order valence-corrected chi connectivity index (χ2v) is 6.39. The van der Waals surface area contributed by atoms with Crippen molar-refractivity contribution in [3.8, 4) is 17.2 Å². The molecule has 30 heavy (non-hydrogen) atoms. The van der Waals surface area contributed by atoms with Crippen LogP contribution in [0.5, 0.6) is 17.2 Å². The third-order valence-electron chi connectivity index (χ3n) is 4.39. The second-order valence-electron chi connectivity index (χ2n) is 6.39. The molecular weight excluding hydrogens is 416 g/mol. The molecule has 0 spiro atoms. The summed E-state index contributed by atoms with van der Waals surface area (Å²) in [7, 11) is 3.28. The Balaban J connectivity index is 0.000000468. The molecule has 0 saturated heterocycles. The van der Waals surface area contributed by atoms with Gasteiger partial charge in [0.25, 0.3) is 0 Å². The van der Waals surface area contributed by atoms with E-state index in [9.17, 15) is 5.11 Å². The molecule has 0 bridgehead atoms. The number of hydrogen-bond donors (Lipinski definition) is 1. The van der Waals surface area contributed by atoms with E-state index in [1.807, 2.05) is 72.8 Å². The van der Waals surface area contributed by atoms with Crippen molar-refractivity contribution < 1.29 is 31.6 Å². The van der Waals surface area contributed by atoms with Gasteiger partial charge in [-0.15, -0.1) is 23.8 Å². The monoisotopic (exact) mass is 440 g/mol. The standard InChI is InChI=1S/C21H19O3.C5H5.Fe/c1-23-19-11-15(12-20(14-19)24-2)13-21(16-5-3-4-6-16)17-7-9-18(22)10-8-17;1-2-4-5-3-1;/h3-14,22H,1-2H3;1-5H;/q2*-1;+2/b21-13+;;. The van der Waals surface area contributed by atoms with Crippen LogP contribution < -0.4 is 9.47 Å². The summed E-state index contributed by atoms with van der Waals surface area (Å²) in [5, 5.41) is 9.54. The second kappa shape index (κ2) is 11.7. The van der Waals surface area contributed by atoms with E-state index in [0.717, 1.165) is 33.8 Å². The smallest absolute Gasteiger partial charge is 0.508 e. The average molecular weight is 440 g/mol. The van der Waals surface area contributed by atoms with Gasteiger partial charge in [-0.3, -0.25) is 0 Å². The summed E-state index contributed by atoms with van der Waals surface area (Å²) in [6, 6.07) is 31.1. The minimum atomic E-state index is 0. The first-order valence-corrected chi connectivity index (χ1v) is 9.32. The Hall–Kier alpha value is -3.20. The van der Waals surface area contributed by atoms with Gasteiger partial charge in [0.05, 0.1) is 14.2 Å². The van der Waals surface area contributed by atoms with Gasteiger partial charge in [-0.25, -0.2) is 12.1 Å². The van der Waals surface area contributed by atoms with Gasteiger partial charge >= 0.3 is 17.1 Å². The van der Waals surface area contributed by atoms with E-state index in [1.165, 1.54) is 0 Å². The van der Waals surface area contributed by atoms with Crippen molar-refractivity contribution in [3.63, 3.8) is 0 Å². The van der Waals surface area contributed by atoms with Gasteiger partial charge in [0.15, 0.2) is 0 Å². The molecule has 4 aromatic rings. The molecule has 0 aliphatic rings. The summed E-state index contributed by atoms with van der Waals surface area (Å²) >= 11 is 0. The Bertz CT molecular complexity index is 975. The molecule has 0 radical (unpaired) electrons. The molecule has 4 heteroatoms. The molecule has 4 aromatic carbocycles. The molecule has 0 atom stereocenters. The summed E-state index contributed by atoms with van der Waals surface area (Å²) in [6.07, 6.45) is 2.09. The van der Waals surface area contributed by atoms with Crippen molar-refractivity contribution in [2.45, 2.75) is 0 Å². The number of benzene rings is 2. The van der Waals surface area contributed by atoms with Crippen LogP contribution in [-0.4, -0.2) is 19.3 Å². The Kier molecular flexibility index (Phi) is 9.02. The molecule has 0 aliphatic carbocycles. The number of aromatic hydroxyl groups is 1. The molecule has 0 unspecified atom stereocenters. The molecule has 4 rings (SSSR count). The average Bonchev–Trinajstić information content (AvgIpc) is 3.49. The first kappa shape index (κ1) is 23.1. The van der Waals surface area contributed by atoms with Gasteiger partial charge in [-0.2, -0.15) is 30.3 Å². The molecule has 0 fully saturated rings. The van der Waals surface area contributed by atoms with E-state index in [1.54, 1.807) is 26.4 Å². The number of phenols is 1. The SMILES string of the molecule is COc1cc(/C=C(/c2ccc(O)cc2)[c-]2cccc2)cc(OC)c1.[Fe+2].c1cc[cH-]c1. The predicted molar refractivity (Wildman–Crippen MR) is 119 cm³/mol. The number of rotatable bonds is 5. The number of phenolic OH excluding ortho intramolecular Hbond substituents is 1. The van der Waals surface area contributed by atoms with E-state index in [2.05, 4.69) is 18.2 Å². The van der Waals surface area contributed by atoms with Crippen molar-refractivity contribution in [1.29, 1.82) is 0 Å². The van der Waals surface area contributed by atoms with Crippen LogP contribution in [-0.2, 0) is 17.1 Å². The van der Waals surface area contributed by atoms with Crippen LogP contribution in [0, 0.1) is 0 Å². The van der Waals surface area contributed by atoms with E-state index in [-0.39, 0.29) is 22.8 Å². The maximum absolute atomic E-state index is 9.54. The largest absolute Gasteiger partial charge is 2.00 e. The van der Waals surface area contributed by atoms with E-state index in [4.69, 9.17) is 9.47 Å². The molecule has 154 valence electrons. The van der Waals surface area contributed by atoms with Gasteiger partial charge in [0, 0.05) is 6.07 Å². The Morgan fingerprint density at radius 2 is 1.43 bits per heavy atom. The van der Waals surface area contributed by atoms with Gasteiger partial charge in [-0.1, -0.05) is 28.8 Å². The molecule has 0 aromatic heterocycles.